The second-order valence-electron chi connectivity index (χ2n) is 8.14. The number of rotatable bonds is 7. The zero-order chi connectivity index (χ0) is 24.0. The minimum absolute atomic E-state index is 0.0435. The quantitative estimate of drug-likeness (QED) is 0.262. The van der Waals surface area contributed by atoms with Gasteiger partial charge in [-0.3, -0.25) is 0 Å². The maximum atomic E-state index is 12.7. The Hall–Kier alpha value is -3.64. The predicted octanol–water partition coefficient (Wildman–Crippen LogP) is 5.39. The molecule has 0 spiro atoms. The highest BCUT2D eigenvalue weighted by Gasteiger charge is 2.21. The molecular weight excluding hydrogens is 446 g/mol. The van der Waals surface area contributed by atoms with Crippen LogP contribution in [-0.4, -0.2) is 33.6 Å². The normalized spacial score (nSPS) is 14.8. The lowest BCUT2D eigenvalue weighted by atomic mass is 10.1. The Bertz CT molecular complexity index is 1260. The van der Waals surface area contributed by atoms with E-state index in [-0.39, 0.29) is 17.0 Å². The van der Waals surface area contributed by atoms with E-state index >= 15 is 0 Å². The third kappa shape index (κ3) is 5.64. The summed E-state index contributed by atoms with van der Waals surface area (Å²) in [5.41, 5.74) is 3.12. The van der Waals surface area contributed by atoms with Crippen LogP contribution in [0.3, 0.4) is 0 Å². The van der Waals surface area contributed by atoms with Crippen molar-refractivity contribution in [2.75, 3.05) is 18.0 Å². The van der Waals surface area contributed by atoms with Crippen LogP contribution in [0.1, 0.15) is 24.0 Å². The van der Waals surface area contributed by atoms with Gasteiger partial charge in [-0.15, -0.1) is 0 Å². The maximum absolute atomic E-state index is 12.7. The van der Waals surface area contributed by atoms with Crippen molar-refractivity contribution in [3.05, 3.63) is 103 Å². The fraction of sp³-hybridized carbons (Fsp3) is 0.179. The summed E-state index contributed by atoms with van der Waals surface area (Å²) in [6.45, 7) is 5.11. The van der Waals surface area contributed by atoms with Crippen molar-refractivity contribution in [2.45, 2.75) is 28.7 Å². The van der Waals surface area contributed by atoms with Crippen LogP contribution in [0.15, 0.2) is 101 Å². The number of esters is 1. The lowest BCUT2D eigenvalue weighted by Gasteiger charge is -2.33. The van der Waals surface area contributed by atoms with E-state index in [0.717, 1.165) is 42.7 Å². The van der Waals surface area contributed by atoms with Crippen LogP contribution in [0.4, 0.5) is 5.69 Å². The summed E-state index contributed by atoms with van der Waals surface area (Å²) in [6, 6.07) is 23.6. The Kier molecular flexibility index (Phi) is 7.28. The van der Waals surface area contributed by atoms with Gasteiger partial charge in [0.05, 0.1) is 9.79 Å². The molecule has 1 aliphatic rings. The van der Waals surface area contributed by atoms with Gasteiger partial charge in [-0.25, -0.2) is 13.2 Å². The molecule has 1 fully saturated rings. The molecule has 1 heterocycles. The minimum atomic E-state index is -3.51. The summed E-state index contributed by atoms with van der Waals surface area (Å²) in [6.07, 6.45) is 6.74. The van der Waals surface area contributed by atoms with Gasteiger partial charge in [-0.1, -0.05) is 61.2 Å². The molecule has 1 aliphatic heterocycles. The van der Waals surface area contributed by atoms with Gasteiger partial charge in [0.1, 0.15) is 6.10 Å². The summed E-state index contributed by atoms with van der Waals surface area (Å²) in [4.78, 5) is 14.2. The lowest BCUT2D eigenvalue weighted by molar-refractivity contribution is -0.143. The van der Waals surface area contributed by atoms with Crippen molar-refractivity contribution in [1.29, 1.82) is 0 Å². The summed E-state index contributed by atoms with van der Waals surface area (Å²) in [5.74, 6) is -0.359. The molecule has 3 aromatic carbocycles. The second kappa shape index (κ2) is 10.5. The molecule has 0 N–H and O–H groups in total. The molecule has 0 atom stereocenters. The summed E-state index contributed by atoms with van der Waals surface area (Å²) < 4.78 is 30.8. The molecule has 1 saturated heterocycles. The molecule has 0 aliphatic carbocycles. The molecule has 4 rings (SSSR count). The van der Waals surface area contributed by atoms with Gasteiger partial charge < -0.3 is 9.64 Å². The van der Waals surface area contributed by atoms with E-state index in [4.69, 9.17) is 4.74 Å². The first-order valence-corrected chi connectivity index (χ1v) is 12.7. The van der Waals surface area contributed by atoms with Crippen LogP contribution in [0, 0.1) is 0 Å². The SMILES string of the molecule is C=CC(=O)OC1CCN(c2ccc(C=Cc3ccc(S(=O)(=O)c4ccccc4)cc3)cc2)CC1. The molecule has 0 radical (unpaired) electrons. The van der Waals surface area contributed by atoms with Crippen molar-refractivity contribution in [3.63, 3.8) is 0 Å². The Labute approximate surface area is 200 Å². The third-order valence-corrected chi connectivity index (χ3v) is 7.65. The lowest BCUT2D eigenvalue weighted by Crippen LogP contribution is -2.37. The number of hydrogen-bond donors (Lipinski definition) is 0. The number of ether oxygens (including phenoxy) is 1. The molecule has 5 nitrogen and oxygen atoms in total. The Balaban J connectivity index is 1.36. The van der Waals surface area contributed by atoms with E-state index in [9.17, 15) is 13.2 Å². The topological polar surface area (TPSA) is 63.7 Å². The molecule has 6 heteroatoms. The van der Waals surface area contributed by atoms with Crippen LogP contribution >= 0.6 is 0 Å². The zero-order valence-corrected chi connectivity index (χ0v) is 19.7. The number of hydrogen-bond acceptors (Lipinski definition) is 5. The second-order valence-corrected chi connectivity index (χ2v) is 10.1. The molecule has 0 unspecified atom stereocenters. The number of carbonyl (C=O) groups excluding carboxylic acids is 1. The van der Waals surface area contributed by atoms with Crippen molar-refractivity contribution >= 4 is 33.6 Å². The van der Waals surface area contributed by atoms with E-state index in [1.165, 1.54) is 6.08 Å². The van der Waals surface area contributed by atoms with Gasteiger partial charge in [-0.05, 0) is 47.5 Å². The molecule has 0 bridgehead atoms. The highest BCUT2D eigenvalue weighted by Crippen LogP contribution is 2.24. The van der Waals surface area contributed by atoms with E-state index in [0.29, 0.717) is 4.90 Å². The molecule has 34 heavy (non-hydrogen) atoms. The predicted molar refractivity (Wildman–Crippen MR) is 135 cm³/mol. The molecule has 0 amide bonds. The molecule has 0 aromatic heterocycles. The first-order chi connectivity index (χ1) is 16.5. The van der Waals surface area contributed by atoms with E-state index < -0.39 is 9.84 Å². The summed E-state index contributed by atoms with van der Waals surface area (Å²) in [5, 5.41) is 0. The summed E-state index contributed by atoms with van der Waals surface area (Å²) in [7, 11) is -3.51. The first-order valence-electron chi connectivity index (χ1n) is 11.2. The van der Waals surface area contributed by atoms with Gasteiger partial charge in [0.15, 0.2) is 0 Å². The highest BCUT2D eigenvalue weighted by molar-refractivity contribution is 7.91. The number of anilines is 1. The van der Waals surface area contributed by atoms with Crippen molar-refractivity contribution in [3.8, 4) is 0 Å². The summed E-state index contributed by atoms with van der Waals surface area (Å²) >= 11 is 0. The van der Waals surface area contributed by atoms with Gasteiger partial charge >= 0.3 is 5.97 Å². The fourth-order valence-corrected chi connectivity index (χ4v) is 5.21. The Morgan fingerprint density at radius 3 is 1.91 bits per heavy atom. The number of nitrogens with zero attached hydrogens (tertiary/aromatic N) is 1. The van der Waals surface area contributed by atoms with Crippen LogP contribution in [0.5, 0.6) is 0 Å². The van der Waals surface area contributed by atoms with Gasteiger partial charge in [0.2, 0.25) is 9.84 Å². The number of sulfone groups is 1. The molecule has 3 aromatic rings. The van der Waals surface area contributed by atoms with Gasteiger partial charge in [-0.2, -0.15) is 0 Å². The minimum Gasteiger partial charge on any atom is -0.459 e. The largest absolute Gasteiger partial charge is 0.459 e. The van der Waals surface area contributed by atoms with Gasteiger partial charge in [0.25, 0.3) is 0 Å². The average molecular weight is 474 g/mol. The smallest absolute Gasteiger partial charge is 0.330 e. The van der Waals surface area contributed by atoms with Crippen LogP contribution in [0.2, 0.25) is 0 Å². The molecular formula is C28H27NO4S. The molecule has 174 valence electrons. The van der Waals surface area contributed by atoms with Crippen LogP contribution in [-0.2, 0) is 19.4 Å². The maximum Gasteiger partial charge on any atom is 0.330 e. The van der Waals surface area contributed by atoms with E-state index in [1.54, 1.807) is 42.5 Å². The highest BCUT2D eigenvalue weighted by atomic mass is 32.2. The average Bonchev–Trinajstić information content (AvgIpc) is 2.89. The Morgan fingerprint density at radius 2 is 1.35 bits per heavy atom. The van der Waals surface area contributed by atoms with Crippen LogP contribution < -0.4 is 4.90 Å². The number of carbonyl (C=O) groups is 1. The Morgan fingerprint density at radius 1 is 0.824 bits per heavy atom. The van der Waals surface area contributed by atoms with Crippen molar-refractivity contribution in [1.82, 2.24) is 0 Å². The molecule has 0 saturated carbocycles. The third-order valence-electron chi connectivity index (χ3n) is 5.86. The monoisotopic (exact) mass is 473 g/mol. The van der Waals surface area contributed by atoms with Crippen LogP contribution in [0.25, 0.3) is 12.2 Å². The van der Waals surface area contributed by atoms with E-state index in [1.807, 2.05) is 24.3 Å². The zero-order valence-electron chi connectivity index (χ0n) is 18.8. The first kappa shape index (κ1) is 23.5. The van der Waals surface area contributed by atoms with E-state index in [2.05, 4.69) is 35.7 Å². The van der Waals surface area contributed by atoms with Crippen molar-refractivity contribution in [2.24, 2.45) is 0 Å². The fourth-order valence-electron chi connectivity index (χ4n) is 3.93. The number of benzene rings is 3. The van der Waals surface area contributed by atoms with Crippen molar-refractivity contribution < 1.29 is 17.9 Å². The van der Waals surface area contributed by atoms with Gasteiger partial charge in [0, 0.05) is 37.7 Å². The number of piperidine rings is 1. The standard InChI is InChI=1S/C28H27NO4S/c1-2-28(30)33-25-18-20-29(21-19-25)24-14-10-22(11-15-24)8-9-23-12-16-27(17-13-23)34(31,32)26-6-4-3-5-7-26/h2-17,25H,1,18-21H2.